The first kappa shape index (κ1) is 22.4. The van der Waals surface area contributed by atoms with Crippen molar-refractivity contribution in [2.24, 2.45) is 0 Å². The molecule has 0 N–H and O–H groups in total. The van der Waals surface area contributed by atoms with Gasteiger partial charge in [-0.3, -0.25) is 0 Å². The summed E-state index contributed by atoms with van der Waals surface area (Å²) in [7, 11) is 0. The molecular weight excluding hydrogens is 507 g/mol. The Bertz CT molecular complexity index is 2560. The second-order valence-corrected chi connectivity index (χ2v) is 11.8. The number of aromatic nitrogens is 2. The quantitative estimate of drug-likeness (QED) is 0.156. The van der Waals surface area contributed by atoms with Crippen LogP contribution in [0.15, 0.2) is 122 Å². The van der Waals surface area contributed by atoms with E-state index in [4.69, 9.17) is 0 Å². The Balaban J connectivity index is 1.51. The molecule has 8 aromatic rings. The number of hydrogen-bond donors (Lipinski definition) is 0. The van der Waals surface area contributed by atoms with Gasteiger partial charge in [0.05, 0.1) is 11.0 Å². The van der Waals surface area contributed by atoms with Gasteiger partial charge in [0.2, 0.25) is 0 Å². The molecule has 0 bridgehead atoms. The molecule has 0 fully saturated rings. The molecule has 10 rings (SSSR count). The van der Waals surface area contributed by atoms with Crippen LogP contribution < -0.4 is 10.9 Å². The predicted octanol–water partition coefficient (Wildman–Crippen LogP) is 8.50. The number of fused-ring (bicyclic) bond motifs is 12. The van der Waals surface area contributed by atoms with Gasteiger partial charge < -0.3 is 9.05 Å². The number of para-hydroxylation sites is 2. The molecule has 2 aromatic heterocycles. The van der Waals surface area contributed by atoms with Crippen molar-refractivity contribution in [1.29, 1.82) is 0 Å². The third kappa shape index (κ3) is 2.50. The van der Waals surface area contributed by atoms with Gasteiger partial charge in [0.25, 0.3) is 0 Å². The van der Waals surface area contributed by atoms with Crippen LogP contribution >= 0.6 is 0 Å². The van der Waals surface area contributed by atoms with Crippen LogP contribution in [0.1, 0.15) is 11.1 Å². The van der Waals surface area contributed by atoms with E-state index in [1.165, 1.54) is 93.3 Å². The number of hydrogen-bond acceptors (Lipinski definition) is 0. The van der Waals surface area contributed by atoms with Crippen LogP contribution in [0, 0.1) is 6.92 Å². The van der Waals surface area contributed by atoms with Crippen molar-refractivity contribution in [2.75, 3.05) is 0 Å². The maximum absolute atomic E-state index is 3.97. The second kappa shape index (κ2) is 7.71. The van der Waals surface area contributed by atoms with Crippen molar-refractivity contribution >= 4 is 78.2 Å². The Kier molecular flexibility index (Phi) is 4.12. The molecule has 4 heterocycles. The minimum atomic E-state index is 0.0747. The van der Waals surface area contributed by atoms with Gasteiger partial charge in [-0.15, -0.1) is 0 Å². The van der Waals surface area contributed by atoms with Gasteiger partial charge >= 0.3 is 6.85 Å². The molecule has 0 amide bonds. The average Bonchev–Trinajstić information content (AvgIpc) is 3.56. The lowest BCUT2D eigenvalue weighted by molar-refractivity contribution is 1.17. The highest BCUT2D eigenvalue weighted by atomic mass is 15.0. The number of nitrogens with zero attached hydrogens (tertiary/aromatic N) is 2. The summed E-state index contributed by atoms with van der Waals surface area (Å²) >= 11 is 0. The van der Waals surface area contributed by atoms with Gasteiger partial charge in [-0.05, 0) is 63.5 Å². The molecule has 0 saturated heterocycles. The summed E-state index contributed by atoms with van der Waals surface area (Å²) in [6, 6.07) is 38.7. The molecule has 194 valence electrons. The van der Waals surface area contributed by atoms with E-state index in [1.807, 2.05) is 6.08 Å². The first-order chi connectivity index (χ1) is 20.8. The lowest BCUT2D eigenvalue weighted by Gasteiger charge is -2.34. The molecule has 2 nitrogen and oxygen atoms in total. The molecule has 0 radical (unpaired) electrons. The third-order valence-corrected chi connectivity index (χ3v) is 9.78. The standard InChI is InChI=1S/C39H25BN2/c1-3-4-12-25-23(2)20-21-33-35(25)36-26-13-6-5-11-24(26)22-31-39(36)41(33)34-19-10-15-28-30-17-9-16-29-27-14-7-8-18-32(27)42(38(29)30)40(31)37(28)34/h3-22H,1H2,2H3/b12-4-. The normalized spacial score (nSPS) is 13.3. The summed E-state index contributed by atoms with van der Waals surface area (Å²) in [5.74, 6) is 0. The Morgan fingerprint density at radius 2 is 1.48 bits per heavy atom. The monoisotopic (exact) mass is 532 g/mol. The largest absolute Gasteiger partial charge is 0.375 e. The maximum Gasteiger partial charge on any atom is 0.333 e. The second-order valence-electron chi connectivity index (χ2n) is 11.8. The highest BCUT2D eigenvalue weighted by molar-refractivity contribution is 6.90. The molecule has 0 saturated carbocycles. The Morgan fingerprint density at radius 1 is 0.690 bits per heavy atom. The topological polar surface area (TPSA) is 9.86 Å². The molecule has 0 atom stereocenters. The van der Waals surface area contributed by atoms with Crippen molar-refractivity contribution in [1.82, 2.24) is 9.05 Å². The van der Waals surface area contributed by atoms with E-state index in [2.05, 4.69) is 138 Å². The molecule has 2 aliphatic heterocycles. The first-order valence-corrected chi connectivity index (χ1v) is 14.7. The van der Waals surface area contributed by atoms with E-state index in [1.54, 1.807) is 0 Å². The van der Waals surface area contributed by atoms with Gasteiger partial charge in [0.15, 0.2) is 0 Å². The van der Waals surface area contributed by atoms with Crippen LogP contribution in [0.25, 0.3) is 77.3 Å². The predicted molar refractivity (Wildman–Crippen MR) is 181 cm³/mol. The highest BCUT2D eigenvalue weighted by Gasteiger charge is 2.41. The van der Waals surface area contributed by atoms with E-state index in [0.717, 1.165) is 0 Å². The number of allylic oxidation sites excluding steroid dienone is 2. The van der Waals surface area contributed by atoms with Crippen molar-refractivity contribution in [2.45, 2.75) is 6.92 Å². The van der Waals surface area contributed by atoms with Crippen molar-refractivity contribution in [3.63, 3.8) is 0 Å². The lowest BCUT2D eigenvalue weighted by atomic mass is 9.45. The van der Waals surface area contributed by atoms with E-state index in [9.17, 15) is 0 Å². The minimum Gasteiger partial charge on any atom is -0.375 e. The molecule has 3 heteroatoms. The summed E-state index contributed by atoms with van der Waals surface area (Å²) in [5, 5.41) is 7.89. The summed E-state index contributed by atoms with van der Waals surface area (Å²) in [6.07, 6.45) is 6.18. The first-order valence-electron chi connectivity index (χ1n) is 14.7. The summed E-state index contributed by atoms with van der Waals surface area (Å²) in [6.45, 7) is 6.27. The molecule has 2 aliphatic rings. The SMILES string of the molecule is C=C/C=C\c1c(C)ccc2c1c1c3ccccc3cc3c1n2-c1cccc2c1B3n1c3ccccc3c3cccc-2c31. The maximum atomic E-state index is 3.97. The van der Waals surface area contributed by atoms with Crippen LogP contribution in [0.2, 0.25) is 0 Å². The zero-order valence-corrected chi connectivity index (χ0v) is 23.2. The van der Waals surface area contributed by atoms with Crippen molar-refractivity contribution in [3.05, 3.63) is 133 Å². The Morgan fingerprint density at radius 3 is 2.38 bits per heavy atom. The van der Waals surface area contributed by atoms with E-state index in [-0.39, 0.29) is 6.85 Å². The van der Waals surface area contributed by atoms with Gasteiger partial charge in [0, 0.05) is 43.8 Å². The summed E-state index contributed by atoms with van der Waals surface area (Å²) < 4.78 is 5.20. The molecule has 0 unspecified atom stereocenters. The van der Waals surface area contributed by atoms with Crippen molar-refractivity contribution < 1.29 is 0 Å². The Labute approximate surface area is 243 Å². The highest BCUT2D eigenvalue weighted by Crippen LogP contribution is 2.45. The summed E-state index contributed by atoms with van der Waals surface area (Å²) in [5.41, 5.74) is 14.4. The number of rotatable bonds is 2. The zero-order chi connectivity index (χ0) is 27.7. The number of benzene rings is 6. The fraction of sp³-hybridized carbons (Fsp3) is 0.0256. The van der Waals surface area contributed by atoms with Crippen LogP contribution in [0.3, 0.4) is 0 Å². The smallest absolute Gasteiger partial charge is 0.333 e. The van der Waals surface area contributed by atoms with Gasteiger partial charge in [-0.25, -0.2) is 0 Å². The molecule has 0 spiro atoms. The molecule has 42 heavy (non-hydrogen) atoms. The molecule has 0 aliphatic carbocycles. The van der Waals surface area contributed by atoms with E-state index in [0.29, 0.717) is 0 Å². The average molecular weight is 532 g/mol. The Hall–Kier alpha value is -5.28. The molecular formula is C39H25BN2. The minimum absolute atomic E-state index is 0.0747. The fourth-order valence-electron chi connectivity index (χ4n) is 8.20. The van der Waals surface area contributed by atoms with Gasteiger partial charge in [0.1, 0.15) is 0 Å². The van der Waals surface area contributed by atoms with Gasteiger partial charge in [-0.1, -0.05) is 110 Å². The number of aryl methyl sites for hydroxylation is 1. The molecule has 6 aromatic carbocycles. The third-order valence-electron chi connectivity index (χ3n) is 9.78. The van der Waals surface area contributed by atoms with Crippen LogP contribution in [0.5, 0.6) is 0 Å². The van der Waals surface area contributed by atoms with Crippen LogP contribution in [-0.4, -0.2) is 15.9 Å². The van der Waals surface area contributed by atoms with E-state index >= 15 is 0 Å². The summed E-state index contributed by atoms with van der Waals surface area (Å²) in [4.78, 5) is 0. The van der Waals surface area contributed by atoms with Crippen LogP contribution in [0.4, 0.5) is 0 Å². The fourth-order valence-corrected chi connectivity index (χ4v) is 8.20. The van der Waals surface area contributed by atoms with Gasteiger partial charge in [-0.2, -0.15) is 0 Å². The van der Waals surface area contributed by atoms with E-state index < -0.39 is 0 Å². The lowest BCUT2D eigenvalue weighted by Crippen LogP contribution is -2.55. The van der Waals surface area contributed by atoms with Crippen molar-refractivity contribution in [3.8, 4) is 16.8 Å². The van der Waals surface area contributed by atoms with Crippen LogP contribution in [-0.2, 0) is 0 Å². The zero-order valence-electron chi connectivity index (χ0n) is 23.2.